The Labute approximate surface area is 209 Å². The molecule has 2 aromatic heterocycles. The van der Waals surface area contributed by atoms with Crippen molar-refractivity contribution >= 4 is 29.8 Å². The number of piperazine rings is 1. The van der Waals surface area contributed by atoms with E-state index in [0.29, 0.717) is 37.7 Å². The molecule has 0 bridgehead atoms. The number of nitrogens with zero attached hydrogens (tertiary/aromatic N) is 3. The van der Waals surface area contributed by atoms with Crippen molar-refractivity contribution in [2.45, 2.75) is 0 Å². The first-order valence-electron chi connectivity index (χ1n) is 12.1. The summed E-state index contributed by atoms with van der Waals surface area (Å²) in [5, 5.41) is 13.0. The van der Waals surface area contributed by atoms with Gasteiger partial charge < -0.3 is 29.9 Å². The van der Waals surface area contributed by atoms with Crippen LogP contribution in [0.1, 0.15) is 32.0 Å². The molecular formula is C27H29N5O4. The molecule has 0 saturated carbocycles. The first-order chi connectivity index (χ1) is 17.6. The van der Waals surface area contributed by atoms with Crippen LogP contribution in [0.2, 0.25) is 0 Å². The van der Waals surface area contributed by atoms with Crippen molar-refractivity contribution in [2.24, 2.45) is 0 Å². The minimum absolute atomic E-state index is 0.0232. The summed E-state index contributed by atoms with van der Waals surface area (Å²) in [4.78, 5) is 36.1. The second kappa shape index (κ2) is 10.8. The highest BCUT2D eigenvalue weighted by atomic mass is 16.5. The maximum absolute atomic E-state index is 12.6. The fraction of sp³-hybridized carbons (Fsp3) is 0.296. The Hall–Kier alpha value is -3.95. The van der Waals surface area contributed by atoms with Crippen LogP contribution in [-0.2, 0) is 4.74 Å². The number of amides is 1. The number of aromatic carboxylic acids is 1. The lowest BCUT2D eigenvalue weighted by Crippen LogP contribution is -2.44. The molecular weight excluding hydrogens is 458 g/mol. The number of carboxylic acids is 1. The number of anilines is 1. The Morgan fingerprint density at radius 3 is 2.44 bits per heavy atom. The average molecular weight is 488 g/mol. The topological polar surface area (TPSA) is 111 Å². The third-order valence-corrected chi connectivity index (χ3v) is 6.46. The number of carbonyl (C=O) groups excluding carboxylic acids is 1. The van der Waals surface area contributed by atoms with Crippen molar-refractivity contribution in [2.75, 3.05) is 57.4 Å². The third-order valence-electron chi connectivity index (χ3n) is 6.46. The van der Waals surface area contributed by atoms with E-state index in [9.17, 15) is 14.7 Å². The van der Waals surface area contributed by atoms with Crippen LogP contribution in [0.15, 0.2) is 48.7 Å². The number of hydrogen-bond acceptors (Lipinski definition) is 6. The first kappa shape index (κ1) is 23.8. The molecule has 2 aliphatic heterocycles. The van der Waals surface area contributed by atoms with Crippen molar-refractivity contribution in [3.8, 4) is 11.3 Å². The molecule has 0 aliphatic carbocycles. The quantitative estimate of drug-likeness (QED) is 0.490. The van der Waals surface area contributed by atoms with Gasteiger partial charge in [0, 0.05) is 62.3 Å². The average Bonchev–Trinajstić information content (AvgIpc) is 3.39. The molecule has 3 aromatic rings. The Kier molecular flexibility index (Phi) is 7.11. The zero-order valence-electron chi connectivity index (χ0n) is 19.9. The number of H-pyrrole nitrogens is 1. The molecule has 186 valence electrons. The molecule has 2 fully saturated rings. The van der Waals surface area contributed by atoms with E-state index in [1.807, 2.05) is 53.5 Å². The summed E-state index contributed by atoms with van der Waals surface area (Å²) >= 11 is 0. The number of pyridine rings is 1. The van der Waals surface area contributed by atoms with Crippen molar-refractivity contribution in [3.05, 3.63) is 71.0 Å². The van der Waals surface area contributed by atoms with Gasteiger partial charge in [-0.3, -0.25) is 9.78 Å². The number of benzene rings is 1. The summed E-state index contributed by atoms with van der Waals surface area (Å²) in [5.74, 6) is -0.287. The molecule has 0 atom stereocenters. The van der Waals surface area contributed by atoms with Crippen LogP contribution in [0.4, 0.5) is 5.82 Å². The van der Waals surface area contributed by atoms with Crippen LogP contribution < -0.4 is 10.2 Å². The number of ether oxygens (including phenoxy) is 1. The predicted molar refractivity (Wildman–Crippen MR) is 138 cm³/mol. The molecule has 2 aliphatic rings. The standard InChI is InChI=1S/C27H29N5O4/c33-26(32-13-15-36-16-14-32)20-4-1-19(2-5-20)3-6-22-17-21(7-8-29-22)24-18-23(27(34)35)25(30-24)31-11-9-28-10-12-31/h1-8,17-18,28,30H,9-16H2,(H,34,35). The number of nitrogens with one attached hydrogen (secondary N) is 2. The molecule has 0 unspecified atom stereocenters. The van der Waals surface area contributed by atoms with Gasteiger partial charge in [0.15, 0.2) is 0 Å². The van der Waals surface area contributed by atoms with E-state index in [1.165, 1.54) is 0 Å². The Morgan fingerprint density at radius 1 is 0.972 bits per heavy atom. The van der Waals surface area contributed by atoms with E-state index in [-0.39, 0.29) is 11.5 Å². The number of rotatable bonds is 6. The molecule has 9 nitrogen and oxygen atoms in total. The molecule has 2 saturated heterocycles. The summed E-state index contributed by atoms with van der Waals surface area (Å²) in [7, 11) is 0. The molecule has 5 rings (SSSR count). The smallest absolute Gasteiger partial charge is 0.339 e. The van der Waals surface area contributed by atoms with Gasteiger partial charge in [0.05, 0.1) is 18.9 Å². The number of morpholine rings is 1. The fourth-order valence-electron chi connectivity index (χ4n) is 4.47. The second-order valence-electron chi connectivity index (χ2n) is 8.82. The molecule has 0 radical (unpaired) electrons. The van der Waals surface area contributed by atoms with Gasteiger partial charge >= 0.3 is 5.97 Å². The van der Waals surface area contributed by atoms with Gasteiger partial charge in [0.25, 0.3) is 5.91 Å². The van der Waals surface area contributed by atoms with Gasteiger partial charge in [-0.2, -0.15) is 0 Å². The van der Waals surface area contributed by atoms with Crippen LogP contribution >= 0.6 is 0 Å². The molecule has 0 spiro atoms. The zero-order valence-corrected chi connectivity index (χ0v) is 19.9. The largest absolute Gasteiger partial charge is 0.478 e. The van der Waals surface area contributed by atoms with E-state index in [2.05, 4.69) is 20.2 Å². The lowest BCUT2D eigenvalue weighted by molar-refractivity contribution is 0.0303. The Balaban J connectivity index is 1.31. The van der Waals surface area contributed by atoms with E-state index in [0.717, 1.165) is 48.7 Å². The summed E-state index contributed by atoms with van der Waals surface area (Å²) < 4.78 is 5.32. The van der Waals surface area contributed by atoms with E-state index in [4.69, 9.17) is 4.74 Å². The van der Waals surface area contributed by atoms with Crippen molar-refractivity contribution in [1.82, 2.24) is 20.2 Å². The fourth-order valence-corrected chi connectivity index (χ4v) is 4.47. The normalized spacial score (nSPS) is 16.4. The maximum atomic E-state index is 12.6. The number of aromatic amines is 1. The van der Waals surface area contributed by atoms with Crippen LogP contribution in [-0.4, -0.2) is 84.3 Å². The monoisotopic (exact) mass is 487 g/mol. The number of carbonyl (C=O) groups is 2. The van der Waals surface area contributed by atoms with Crippen LogP contribution in [0, 0.1) is 0 Å². The van der Waals surface area contributed by atoms with Crippen LogP contribution in [0.3, 0.4) is 0 Å². The SMILES string of the molecule is O=C(O)c1cc(-c2ccnc(C=Cc3ccc(C(=O)N4CCOCC4)cc3)c2)[nH]c1N1CCNCC1. The van der Waals surface area contributed by atoms with E-state index >= 15 is 0 Å². The minimum atomic E-state index is -0.948. The predicted octanol–water partition coefficient (Wildman–Crippen LogP) is 2.83. The number of hydrogen-bond donors (Lipinski definition) is 3. The lowest BCUT2D eigenvalue weighted by atomic mass is 10.1. The third kappa shape index (κ3) is 5.32. The summed E-state index contributed by atoms with van der Waals surface area (Å²) in [6, 6.07) is 13.0. The molecule has 1 aromatic carbocycles. The highest BCUT2D eigenvalue weighted by Crippen LogP contribution is 2.28. The van der Waals surface area contributed by atoms with Crippen LogP contribution in [0.25, 0.3) is 23.4 Å². The molecule has 9 heteroatoms. The Morgan fingerprint density at radius 2 is 1.72 bits per heavy atom. The van der Waals surface area contributed by atoms with Gasteiger partial charge in [-0.25, -0.2) is 4.79 Å². The van der Waals surface area contributed by atoms with Crippen molar-refractivity contribution in [1.29, 1.82) is 0 Å². The van der Waals surface area contributed by atoms with E-state index in [1.54, 1.807) is 12.3 Å². The van der Waals surface area contributed by atoms with E-state index < -0.39 is 5.97 Å². The molecule has 4 heterocycles. The van der Waals surface area contributed by atoms with Gasteiger partial charge in [-0.15, -0.1) is 0 Å². The van der Waals surface area contributed by atoms with Gasteiger partial charge in [0.1, 0.15) is 11.4 Å². The first-order valence-corrected chi connectivity index (χ1v) is 12.1. The minimum Gasteiger partial charge on any atom is -0.478 e. The van der Waals surface area contributed by atoms with Crippen molar-refractivity contribution in [3.63, 3.8) is 0 Å². The zero-order chi connectivity index (χ0) is 24.9. The highest BCUT2D eigenvalue weighted by Gasteiger charge is 2.22. The Bertz CT molecular complexity index is 1260. The van der Waals surface area contributed by atoms with Gasteiger partial charge in [-0.1, -0.05) is 18.2 Å². The van der Waals surface area contributed by atoms with Crippen LogP contribution in [0.5, 0.6) is 0 Å². The molecule has 36 heavy (non-hydrogen) atoms. The summed E-state index contributed by atoms with van der Waals surface area (Å²) in [5.41, 5.74) is 4.23. The lowest BCUT2D eigenvalue weighted by Gasteiger charge is -2.28. The number of aromatic nitrogens is 2. The second-order valence-corrected chi connectivity index (χ2v) is 8.82. The molecule has 3 N–H and O–H groups in total. The van der Waals surface area contributed by atoms with Gasteiger partial charge in [-0.05, 0) is 42.0 Å². The molecule has 1 amide bonds. The summed E-state index contributed by atoms with van der Waals surface area (Å²) in [6.45, 7) is 5.54. The number of carboxylic acid groups (broad SMARTS) is 1. The van der Waals surface area contributed by atoms with Crippen molar-refractivity contribution < 1.29 is 19.4 Å². The maximum Gasteiger partial charge on any atom is 0.339 e. The van der Waals surface area contributed by atoms with Gasteiger partial charge in [0.2, 0.25) is 0 Å². The highest BCUT2D eigenvalue weighted by molar-refractivity contribution is 5.96. The summed E-state index contributed by atoms with van der Waals surface area (Å²) in [6.07, 6.45) is 5.56.